The number of rotatable bonds is 2. The number of carbonyl (C=O) groups excluding carboxylic acids is 1. The molecule has 1 N–H and O–H groups in total. The Labute approximate surface area is 122 Å². The van der Waals surface area contributed by atoms with Gasteiger partial charge in [0, 0.05) is 12.1 Å². The van der Waals surface area contributed by atoms with E-state index in [0.29, 0.717) is 41.8 Å². The van der Waals surface area contributed by atoms with Gasteiger partial charge < -0.3 is 19.5 Å². The highest BCUT2D eigenvalue weighted by molar-refractivity contribution is 6.32. The van der Waals surface area contributed by atoms with Crippen LogP contribution in [0, 0.1) is 0 Å². The third-order valence-electron chi connectivity index (χ3n) is 3.69. The lowest BCUT2D eigenvalue weighted by atomic mass is 10.1. The van der Waals surface area contributed by atoms with E-state index in [9.17, 15) is 9.90 Å². The van der Waals surface area contributed by atoms with Gasteiger partial charge in [-0.25, -0.2) is 0 Å². The topological polar surface area (TPSA) is 59.0 Å². The lowest BCUT2D eigenvalue weighted by molar-refractivity contribution is 0.0676. The number of amides is 1. The van der Waals surface area contributed by atoms with Crippen molar-refractivity contribution < 1.29 is 19.4 Å². The summed E-state index contributed by atoms with van der Waals surface area (Å²) < 4.78 is 10.9. The molecule has 2 aliphatic rings. The normalized spacial score (nSPS) is 21.1. The van der Waals surface area contributed by atoms with Crippen molar-refractivity contribution in [1.29, 1.82) is 0 Å². The van der Waals surface area contributed by atoms with E-state index in [0.717, 1.165) is 12.8 Å². The van der Waals surface area contributed by atoms with Crippen molar-refractivity contribution in [2.24, 2.45) is 0 Å². The lowest BCUT2D eigenvalue weighted by Gasteiger charge is -2.25. The molecule has 5 nitrogen and oxygen atoms in total. The maximum Gasteiger partial charge on any atom is 0.254 e. The Kier molecular flexibility index (Phi) is 3.72. The third-order valence-corrected chi connectivity index (χ3v) is 3.97. The summed E-state index contributed by atoms with van der Waals surface area (Å²) in [5.41, 5.74) is 0.472. The Morgan fingerprint density at radius 2 is 2.20 bits per heavy atom. The molecule has 0 bridgehead atoms. The van der Waals surface area contributed by atoms with E-state index in [-0.39, 0.29) is 18.6 Å². The highest BCUT2D eigenvalue weighted by Gasteiger charge is 2.30. The molecule has 0 aliphatic carbocycles. The first-order valence-electron chi connectivity index (χ1n) is 6.71. The van der Waals surface area contributed by atoms with Gasteiger partial charge in [0.1, 0.15) is 13.2 Å². The largest absolute Gasteiger partial charge is 0.486 e. The number of benzene rings is 1. The summed E-state index contributed by atoms with van der Waals surface area (Å²) in [5, 5.41) is 9.69. The Morgan fingerprint density at radius 3 is 3.00 bits per heavy atom. The maximum atomic E-state index is 12.5. The number of hydrogen-bond acceptors (Lipinski definition) is 4. The summed E-state index contributed by atoms with van der Waals surface area (Å²) in [6.07, 6.45) is 1.75. The Morgan fingerprint density at radius 1 is 1.40 bits per heavy atom. The van der Waals surface area contributed by atoms with Crippen molar-refractivity contribution in [1.82, 2.24) is 4.90 Å². The van der Waals surface area contributed by atoms with Gasteiger partial charge in [0.05, 0.1) is 17.7 Å². The summed E-state index contributed by atoms with van der Waals surface area (Å²) in [7, 11) is 0. The second-order valence-electron chi connectivity index (χ2n) is 4.96. The standard InChI is InChI=1S/C14H16ClNO4/c15-11-6-9(7-12-13(11)20-5-4-19-12)14(18)16-3-1-2-10(16)8-17/h6-7,10,17H,1-5,8H2/t10-/m0/s1. The molecule has 1 aromatic carbocycles. The SMILES string of the molecule is O=C(c1cc(Cl)c2c(c1)OCCO2)N1CCC[C@H]1CO. The molecule has 2 heterocycles. The zero-order valence-corrected chi connectivity index (χ0v) is 11.7. The minimum absolute atomic E-state index is 0.00990. The monoisotopic (exact) mass is 297 g/mol. The number of halogens is 1. The average Bonchev–Trinajstić information content (AvgIpc) is 2.95. The lowest BCUT2D eigenvalue weighted by Crippen LogP contribution is -2.37. The van der Waals surface area contributed by atoms with Crippen molar-refractivity contribution in [2.75, 3.05) is 26.4 Å². The molecule has 0 aromatic heterocycles. The molecule has 0 unspecified atom stereocenters. The van der Waals surface area contributed by atoms with Gasteiger partial charge in [-0.05, 0) is 25.0 Å². The molecule has 1 fully saturated rings. The summed E-state index contributed by atoms with van der Waals surface area (Å²) in [4.78, 5) is 14.2. The fourth-order valence-electron chi connectivity index (χ4n) is 2.69. The van der Waals surface area contributed by atoms with Crippen molar-refractivity contribution in [3.63, 3.8) is 0 Å². The first-order chi connectivity index (χ1) is 9.70. The highest BCUT2D eigenvalue weighted by atomic mass is 35.5. The van der Waals surface area contributed by atoms with E-state index < -0.39 is 0 Å². The fraction of sp³-hybridized carbons (Fsp3) is 0.500. The molecular formula is C14H16ClNO4. The van der Waals surface area contributed by atoms with Crippen LogP contribution in [0.1, 0.15) is 23.2 Å². The van der Waals surface area contributed by atoms with Crippen molar-refractivity contribution >= 4 is 17.5 Å². The minimum atomic E-state index is -0.125. The minimum Gasteiger partial charge on any atom is -0.486 e. The van der Waals surface area contributed by atoms with Crippen molar-refractivity contribution in [3.05, 3.63) is 22.7 Å². The van der Waals surface area contributed by atoms with Gasteiger partial charge in [0.2, 0.25) is 0 Å². The summed E-state index contributed by atoms with van der Waals surface area (Å²) in [6, 6.07) is 3.16. The van der Waals surface area contributed by atoms with Gasteiger partial charge >= 0.3 is 0 Å². The smallest absolute Gasteiger partial charge is 0.254 e. The highest BCUT2D eigenvalue weighted by Crippen LogP contribution is 2.38. The second-order valence-corrected chi connectivity index (χ2v) is 5.37. The van der Waals surface area contributed by atoms with Crippen LogP contribution in [0.3, 0.4) is 0 Å². The molecule has 2 aliphatic heterocycles. The number of nitrogens with zero attached hydrogens (tertiary/aromatic N) is 1. The van der Waals surface area contributed by atoms with Gasteiger partial charge in [-0.2, -0.15) is 0 Å². The van der Waals surface area contributed by atoms with E-state index in [1.54, 1.807) is 17.0 Å². The van der Waals surface area contributed by atoms with Crippen LogP contribution in [0.2, 0.25) is 5.02 Å². The zero-order chi connectivity index (χ0) is 14.1. The molecule has 3 rings (SSSR count). The fourth-order valence-corrected chi connectivity index (χ4v) is 2.96. The van der Waals surface area contributed by atoms with Crippen LogP contribution in [-0.4, -0.2) is 48.3 Å². The number of ether oxygens (including phenoxy) is 2. The molecule has 0 radical (unpaired) electrons. The Hall–Kier alpha value is -1.46. The first kappa shape index (κ1) is 13.5. The number of fused-ring (bicyclic) bond motifs is 1. The van der Waals surface area contributed by atoms with Crippen LogP contribution in [0.15, 0.2) is 12.1 Å². The molecule has 0 spiro atoms. The van der Waals surface area contributed by atoms with Gasteiger partial charge in [-0.15, -0.1) is 0 Å². The number of hydrogen-bond donors (Lipinski definition) is 1. The number of carbonyl (C=O) groups is 1. The molecule has 108 valence electrons. The Balaban J connectivity index is 1.90. The predicted molar refractivity (Wildman–Crippen MR) is 73.6 cm³/mol. The van der Waals surface area contributed by atoms with Gasteiger partial charge in [-0.3, -0.25) is 4.79 Å². The van der Waals surface area contributed by atoms with Crippen LogP contribution in [-0.2, 0) is 0 Å². The molecule has 1 saturated heterocycles. The van der Waals surface area contributed by atoms with E-state index in [1.807, 2.05) is 0 Å². The Bertz CT molecular complexity index is 534. The molecule has 1 amide bonds. The number of aliphatic hydroxyl groups excluding tert-OH is 1. The zero-order valence-electron chi connectivity index (χ0n) is 11.0. The number of aliphatic hydroxyl groups is 1. The molecule has 1 atom stereocenters. The number of likely N-dealkylation sites (tertiary alicyclic amines) is 1. The predicted octanol–water partition coefficient (Wildman–Crippen LogP) is 1.71. The maximum absolute atomic E-state index is 12.5. The van der Waals surface area contributed by atoms with Crippen LogP contribution < -0.4 is 9.47 Å². The summed E-state index contributed by atoms with van der Waals surface area (Å²) >= 11 is 6.14. The second kappa shape index (κ2) is 5.50. The third kappa shape index (κ3) is 2.31. The molecule has 6 heteroatoms. The van der Waals surface area contributed by atoms with Crippen LogP contribution in [0.5, 0.6) is 11.5 Å². The van der Waals surface area contributed by atoms with Crippen molar-refractivity contribution in [3.8, 4) is 11.5 Å². The summed E-state index contributed by atoms with van der Waals surface area (Å²) in [6.45, 7) is 1.56. The van der Waals surface area contributed by atoms with Gasteiger partial charge in [-0.1, -0.05) is 11.6 Å². The molecular weight excluding hydrogens is 282 g/mol. The van der Waals surface area contributed by atoms with Crippen molar-refractivity contribution in [2.45, 2.75) is 18.9 Å². The van der Waals surface area contributed by atoms with E-state index >= 15 is 0 Å². The van der Waals surface area contributed by atoms with E-state index in [1.165, 1.54) is 0 Å². The average molecular weight is 298 g/mol. The van der Waals surface area contributed by atoms with Crippen LogP contribution >= 0.6 is 11.6 Å². The first-order valence-corrected chi connectivity index (χ1v) is 7.09. The van der Waals surface area contributed by atoms with E-state index in [2.05, 4.69) is 0 Å². The molecule has 20 heavy (non-hydrogen) atoms. The van der Waals surface area contributed by atoms with E-state index in [4.69, 9.17) is 21.1 Å². The van der Waals surface area contributed by atoms with Crippen LogP contribution in [0.4, 0.5) is 0 Å². The molecule has 1 aromatic rings. The van der Waals surface area contributed by atoms with Gasteiger partial charge in [0.25, 0.3) is 5.91 Å². The molecule has 0 saturated carbocycles. The summed E-state index contributed by atoms with van der Waals surface area (Å²) in [5.74, 6) is 0.877. The van der Waals surface area contributed by atoms with Gasteiger partial charge in [0.15, 0.2) is 11.5 Å². The van der Waals surface area contributed by atoms with Crippen LogP contribution in [0.25, 0.3) is 0 Å². The quantitative estimate of drug-likeness (QED) is 0.903.